The lowest BCUT2D eigenvalue weighted by Crippen LogP contribution is -0.382. The average molecular weight is 90.9 g/mol. The molecule has 0 aliphatic rings. The van der Waals surface area contributed by atoms with Crippen LogP contribution in [-0.4, -0.2) is 24.9 Å². The maximum Gasteiger partial charge on any atom is 0 e. The van der Waals surface area contributed by atoms with Crippen LogP contribution in [0.3, 0.4) is 0 Å². The smallest absolute Gasteiger partial charge is 0 e. The molecule has 7 radical (unpaired) electrons. The van der Waals surface area contributed by atoms with Crippen molar-refractivity contribution in [1.82, 2.24) is 0 Å². The molecule has 0 heterocycles. The summed E-state index contributed by atoms with van der Waals surface area (Å²) in [6.45, 7) is 0. The van der Waals surface area contributed by atoms with Crippen LogP contribution in [0.5, 0.6) is 0 Å². The van der Waals surface area contributed by atoms with Crippen LogP contribution in [0.1, 0.15) is 0 Å². The third kappa shape index (κ3) is 16.5. The van der Waals surface area contributed by atoms with E-state index in [1.54, 1.807) is 0 Å². The summed E-state index contributed by atoms with van der Waals surface area (Å²) >= 11 is 0. The van der Waals surface area contributed by atoms with E-state index in [1.807, 2.05) is 0 Å². The van der Waals surface area contributed by atoms with E-state index >= 15 is 0 Å². The van der Waals surface area contributed by atoms with Gasteiger partial charge in [0.25, 0.3) is 0 Å². The molecule has 0 aromatic heterocycles. The predicted molar refractivity (Wildman–Crippen MR) is 26.2 cm³/mol. The van der Waals surface area contributed by atoms with Crippen LogP contribution < -0.4 is 0 Å². The number of hydrogen-bond acceptors (Lipinski definition) is 0. The second-order valence-corrected chi connectivity index (χ2v) is 0. The third-order valence-electron chi connectivity index (χ3n) is 0. The van der Waals surface area contributed by atoms with E-state index in [0.29, 0.717) is 0 Å². The fraction of sp³-hybridized carbons (Fsp3) is 0. The summed E-state index contributed by atoms with van der Waals surface area (Å²) in [5, 5.41) is 0. The van der Waals surface area contributed by atoms with Crippen LogP contribution in [0.25, 0.3) is 0 Å². The van der Waals surface area contributed by atoms with Gasteiger partial charge in [-0.05, 0) is 0 Å². The minimum Gasteiger partial charge on any atom is -0.412 e. The Morgan fingerprint density at radius 3 is 1.00 bits per heavy atom. The molecule has 23 valence electrons. The second-order valence-electron chi connectivity index (χ2n) is 0. The summed E-state index contributed by atoms with van der Waals surface area (Å²) in [5.41, 5.74) is 0. The second kappa shape index (κ2) is 58.1. The van der Waals surface area contributed by atoms with Crippen molar-refractivity contribution in [2.45, 2.75) is 0 Å². The molecule has 0 fully saturated rings. The minimum atomic E-state index is 0. The van der Waals surface area contributed by atoms with E-state index in [4.69, 9.17) is 0 Å². The molecule has 0 rings (SSSR count). The van der Waals surface area contributed by atoms with Crippen molar-refractivity contribution in [2.75, 3.05) is 0 Å². The van der Waals surface area contributed by atoms with Crippen molar-refractivity contribution in [3.05, 3.63) is 0 Å². The van der Waals surface area contributed by atoms with Crippen LogP contribution in [0.15, 0.2) is 0 Å². The molecule has 1 atom stereocenters. The average Bonchev–Trinajstić information content (AvgIpc) is 0. The minimum absolute atomic E-state index is 0. The van der Waals surface area contributed by atoms with Crippen molar-refractivity contribution >= 4 is 29.3 Å². The van der Waals surface area contributed by atoms with Gasteiger partial charge in [0.15, 0.2) is 0 Å². The van der Waals surface area contributed by atoms with E-state index in [1.165, 1.54) is 0 Å². The molecule has 2 N–H and O–H groups in total. The summed E-state index contributed by atoms with van der Waals surface area (Å²) in [5.74, 6) is 0. The van der Waals surface area contributed by atoms with Crippen molar-refractivity contribution < 1.29 is 5.48 Å². The quantitative estimate of drug-likeness (QED) is 0.256. The highest BCUT2D eigenvalue weighted by atomic mass is 31.0. The fourth-order valence-electron chi connectivity index (χ4n) is 0. The zero-order chi connectivity index (χ0) is 0. The highest BCUT2D eigenvalue weighted by Gasteiger charge is 0.00102. The van der Waals surface area contributed by atoms with Gasteiger partial charge < -0.3 is 5.48 Å². The molecule has 0 aromatic carbocycles. The van der Waals surface area contributed by atoms with Gasteiger partial charge in [-0.15, -0.1) is 0 Å². The van der Waals surface area contributed by atoms with E-state index in [0.717, 1.165) is 0 Å². The first-order chi connectivity index (χ1) is 0. The maximum absolute atomic E-state index is 0. The molecule has 0 spiro atoms. The first-order valence-corrected chi connectivity index (χ1v) is 0. The highest BCUT2D eigenvalue weighted by Crippen LogP contribution is 0.861. The lowest BCUT2D eigenvalue weighted by Gasteiger charge is -0.412. The molecule has 4 heteroatoms. The van der Waals surface area contributed by atoms with Gasteiger partial charge in [0, 0.05) is 19.4 Å². The van der Waals surface area contributed by atoms with E-state index in [-0.39, 0.29) is 34.8 Å². The van der Waals surface area contributed by atoms with Crippen molar-refractivity contribution in [3.8, 4) is 0 Å². The third-order valence-corrected chi connectivity index (χ3v) is 0. The number of hydrogen-bond donors (Lipinski definition) is 0. The van der Waals surface area contributed by atoms with Gasteiger partial charge in [-0.1, -0.05) is 0 Å². The van der Waals surface area contributed by atoms with E-state index < -0.39 is 0 Å². The zero-order valence-corrected chi connectivity index (χ0v) is 4.70. The van der Waals surface area contributed by atoms with Crippen LogP contribution in [0.2, 0.25) is 0 Å². The summed E-state index contributed by atoms with van der Waals surface area (Å²) in [4.78, 5) is 0. The lowest BCUT2D eigenvalue weighted by atomic mass is 10.8. The van der Waals surface area contributed by atoms with Crippen LogP contribution in [0, 0.1) is 0 Å². The molecule has 0 aromatic rings. The Morgan fingerprint density at radius 2 is 1.00 bits per heavy atom. The van der Waals surface area contributed by atoms with Gasteiger partial charge in [-0.3, -0.25) is 0 Å². The molecule has 0 aliphatic heterocycles. The summed E-state index contributed by atoms with van der Waals surface area (Å²) in [6.07, 6.45) is 0. The monoisotopic (exact) mass is 91.0 g/mol. The molecule has 4 heavy (non-hydrogen) atoms. The summed E-state index contributed by atoms with van der Waals surface area (Å²) in [6, 6.07) is 0. The standard InChI is InChI=1S/B.H2O.H3P.Si/h;1H2;1H3;. The molecule has 0 saturated carbocycles. The zero-order valence-electron chi connectivity index (χ0n) is 2.28. The summed E-state index contributed by atoms with van der Waals surface area (Å²) < 4.78 is 0. The Balaban J connectivity index is 0. The fourth-order valence-corrected chi connectivity index (χ4v) is 0. The molecule has 0 aliphatic carbocycles. The SMILES string of the molecule is O.P.[B].[Si]. The highest BCUT2D eigenvalue weighted by molar-refractivity contribution is 6.92. The molecule has 0 amide bonds. The van der Waals surface area contributed by atoms with Gasteiger partial charge in [-0.25, -0.2) is 0 Å². The van der Waals surface area contributed by atoms with E-state index in [2.05, 4.69) is 0 Å². The molecule has 0 bridgehead atoms. The predicted octanol–water partition coefficient (Wildman–Crippen LogP) is -1.53. The Kier molecular flexibility index (Phi) is 2030. The molecular weight excluding hydrogens is 85.9 g/mol. The Morgan fingerprint density at radius 1 is 1.00 bits per heavy atom. The van der Waals surface area contributed by atoms with Crippen LogP contribution in [0.4, 0.5) is 0 Å². The molecule has 1 nitrogen and oxygen atoms in total. The molecular formula is H5BOPSi. The van der Waals surface area contributed by atoms with Gasteiger partial charge in [-0.2, -0.15) is 9.90 Å². The first-order valence-electron chi connectivity index (χ1n) is 0. The normalized spacial score (nSPS) is 0. The Labute approximate surface area is 35.7 Å². The van der Waals surface area contributed by atoms with Crippen molar-refractivity contribution in [1.29, 1.82) is 0 Å². The Hall–Kier alpha value is 0.672. The van der Waals surface area contributed by atoms with Gasteiger partial charge >= 0.3 is 0 Å². The Bertz CT molecular complexity index is 8.00. The number of rotatable bonds is 0. The van der Waals surface area contributed by atoms with Gasteiger partial charge in [0.1, 0.15) is 0 Å². The maximum atomic E-state index is 0. The van der Waals surface area contributed by atoms with Crippen molar-refractivity contribution in [2.24, 2.45) is 0 Å². The molecule has 0 saturated heterocycles. The largest absolute Gasteiger partial charge is 0.412 e. The van der Waals surface area contributed by atoms with Gasteiger partial charge in [0.2, 0.25) is 0 Å². The summed E-state index contributed by atoms with van der Waals surface area (Å²) in [7, 11) is 0. The van der Waals surface area contributed by atoms with Crippen molar-refractivity contribution in [3.63, 3.8) is 0 Å². The lowest BCUT2D eigenvalue weighted by molar-refractivity contribution is 0.824. The first kappa shape index (κ1) is 140. The van der Waals surface area contributed by atoms with E-state index in [9.17, 15) is 0 Å². The van der Waals surface area contributed by atoms with Crippen LogP contribution in [-0.2, 0) is 0 Å². The topological polar surface area (TPSA) is 31.5 Å². The molecule has 1 unspecified atom stereocenters. The van der Waals surface area contributed by atoms with Gasteiger partial charge in [0.05, 0.1) is 0 Å². The van der Waals surface area contributed by atoms with Crippen LogP contribution >= 0.6 is 9.90 Å².